The lowest BCUT2D eigenvalue weighted by atomic mass is 10.0. The number of hydrogen-bond donors (Lipinski definition) is 2. The van der Waals surface area contributed by atoms with E-state index in [-0.39, 0.29) is 17.0 Å². The summed E-state index contributed by atoms with van der Waals surface area (Å²) in [7, 11) is 2.95. The normalized spacial score (nSPS) is 10.1. The monoisotopic (exact) mass is 275 g/mol. The van der Waals surface area contributed by atoms with Gasteiger partial charge in [-0.3, -0.25) is 4.79 Å². The molecule has 0 aliphatic heterocycles. The van der Waals surface area contributed by atoms with Gasteiger partial charge in [0.15, 0.2) is 5.78 Å². The molecule has 0 saturated heterocycles. The smallest absolute Gasteiger partial charge is 0.352 e. The van der Waals surface area contributed by atoms with Crippen LogP contribution in [0.1, 0.15) is 26.4 Å². The SMILES string of the molecule is COc1ccc(OC)c(C(=O)c2c[nH]c(C(=O)O)c2)c1. The molecule has 0 saturated carbocycles. The predicted molar refractivity (Wildman–Crippen MR) is 70.7 cm³/mol. The molecule has 0 atom stereocenters. The number of ether oxygens (including phenoxy) is 2. The van der Waals surface area contributed by atoms with Gasteiger partial charge in [-0.2, -0.15) is 0 Å². The maximum absolute atomic E-state index is 12.4. The number of aromatic carboxylic acids is 1. The van der Waals surface area contributed by atoms with E-state index in [2.05, 4.69) is 4.98 Å². The van der Waals surface area contributed by atoms with Crippen LogP contribution in [-0.2, 0) is 0 Å². The highest BCUT2D eigenvalue weighted by Crippen LogP contribution is 2.26. The van der Waals surface area contributed by atoms with E-state index in [1.54, 1.807) is 18.2 Å². The van der Waals surface area contributed by atoms with E-state index >= 15 is 0 Å². The minimum Gasteiger partial charge on any atom is -0.497 e. The summed E-state index contributed by atoms with van der Waals surface area (Å²) in [5, 5.41) is 8.85. The van der Waals surface area contributed by atoms with Crippen LogP contribution in [0.25, 0.3) is 0 Å². The van der Waals surface area contributed by atoms with Crippen molar-refractivity contribution in [2.75, 3.05) is 14.2 Å². The summed E-state index contributed by atoms with van der Waals surface area (Å²) in [5.74, 6) is -0.553. The topological polar surface area (TPSA) is 88.6 Å². The molecule has 0 aliphatic rings. The van der Waals surface area contributed by atoms with Gasteiger partial charge in [0.25, 0.3) is 0 Å². The Hall–Kier alpha value is -2.76. The minimum atomic E-state index is -1.12. The number of carboxylic acids is 1. The van der Waals surface area contributed by atoms with Gasteiger partial charge < -0.3 is 19.6 Å². The van der Waals surface area contributed by atoms with Crippen molar-refractivity contribution in [1.82, 2.24) is 4.98 Å². The highest BCUT2D eigenvalue weighted by Gasteiger charge is 2.18. The predicted octanol–water partition coefficient (Wildman–Crippen LogP) is 1.96. The average molecular weight is 275 g/mol. The van der Waals surface area contributed by atoms with E-state index in [1.807, 2.05) is 0 Å². The Kier molecular flexibility index (Phi) is 3.74. The molecule has 2 rings (SSSR count). The largest absolute Gasteiger partial charge is 0.497 e. The third kappa shape index (κ3) is 2.49. The van der Waals surface area contributed by atoms with Crippen LogP contribution in [0.3, 0.4) is 0 Å². The molecular weight excluding hydrogens is 262 g/mol. The molecule has 20 heavy (non-hydrogen) atoms. The third-order valence-corrected chi connectivity index (χ3v) is 2.83. The Morgan fingerprint density at radius 1 is 1.15 bits per heavy atom. The molecule has 0 bridgehead atoms. The van der Waals surface area contributed by atoms with Gasteiger partial charge in [-0.1, -0.05) is 0 Å². The molecule has 6 heteroatoms. The van der Waals surface area contributed by atoms with Crippen LogP contribution in [0.4, 0.5) is 0 Å². The summed E-state index contributed by atoms with van der Waals surface area (Å²) >= 11 is 0. The van der Waals surface area contributed by atoms with E-state index < -0.39 is 5.97 Å². The van der Waals surface area contributed by atoms with Crippen LogP contribution in [0, 0.1) is 0 Å². The molecule has 0 unspecified atom stereocenters. The number of ketones is 1. The maximum atomic E-state index is 12.4. The standard InChI is InChI=1S/C14H13NO5/c1-19-9-3-4-12(20-2)10(6-9)13(16)8-5-11(14(17)18)15-7-8/h3-7,15H,1-2H3,(H,17,18). The highest BCUT2D eigenvalue weighted by atomic mass is 16.5. The highest BCUT2D eigenvalue weighted by molar-refractivity contribution is 6.11. The van der Waals surface area contributed by atoms with Crippen LogP contribution >= 0.6 is 0 Å². The van der Waals surface area contributed by atoms with Gasteiger partial charge in [0.1, 0.15) is 17.2 Å². The average Bonchev–Trinajstić information content (AvgIpc) is 2.95. The van der Waals surface area contributed by atoms with Crippen molar-refractivity contribution in [3.8, 4) is 11.5 Å². The maximum Gasteiger partial charge on any atom is 0.352 e. The number of aromatic nitrogens is 1. The van der Waals surface area contributed by atoms with Gasteiger partial charge in [0.2, 0.25) is 0 Å². The summed E-state index contributed by atoms with van der Waals surface area (Å²) in [5.41, 5.74) is 0.506. The molecule has 6 nitrogen and oxygen atoms in total. The lowest BCUT2D eigenvalue weighted by Crippen LogP contribution is -2.03. The molecule has 0 aliphatic carbocycles. The van der Waals surface area contributed by atoms with E-state index in [4.69, 9.17) is 14.6 Å². The van der Waals surface area contributed by atoms with Crippen LogP contribution in [0.15, 0.2) is 30.5 Å². The molecule has 2 aromatic rings. The number of aromatic amines is 1. The molecule has 1 aromatic heterocycles. The Morgan fingerprint density at radius 2 is 1.90 bits per heavy atom. The number of rotatable bonds is 5. The Bertz CT molecular complexity index is 659. The number of H-pyrrole nitrogens is 1. The first kappa shape index (κ1) is 13.7. The van der Waals surface area contributed by atoms with Crippen molar-refractivity contribution in [1.29, 1.82) is 0 Å². The van der Waals surface area contributed by atoms with E-state index in [1.165, 1.54) is 26.5 Å². The Balaban J connectivity index is 2.43. The molecule has 1 aromatic carbocycles. The van der Waals surface area contributed by atoms with Crippen LogP contribution in [0.5, 0.6) is 11.5 Å². The van der Waals surface area contributed by atoms with Gasteiger partial charge in [0.05, 0.1) is 19.8 Å². The molecule has 104 valence electrons. The summed E-state index contributed by atoms with van der Waals surface area (Å²) in [6.45, 7) is 0. The number of benzene rings is 1. The second kappa shape index (κ2) is 5.48. The fourth-order valence-corrected chi connectivity index (χ4v) is 1.80. The minimum absolute atomic E-state index is 0.0461. The lowest BCUT2D eigenvalue weighted by molar-refractivity contribution is 0.0691. The molecule has 0 spiro atoms. The Labute approximate surface area is 115 Å². The van der Waals surface area contributed by atoms with Crippen molar-refractivity contribution in [2.45, 2.75) is 0 Å². The van der Waals surface area contributed by atoms with Crippen molar-refractivity contribution in [3.05, 3.63) is 47.3 Å². The van der Waals surface area contributed by atoms with Crippen molar-refractivity contribution in [2.24, 2.45) is 0 Å². The van der Waals surface area contributed by atoms with Crippen LogP contribution in [0.2, 0.25) is 0 Å². The second-order valence-corrected chi connectivity index (χ2v) is 4.00. The van der Waals surface area contributed by atoms with Gasteiger partial charge in [-0.05, 0) is 24.3 Å². The molecule has 2 N–H and O–H groups in total. The number of carbonyl (C=O) groups excluding carboxylic acids is 1. The third-order valence-electron chi connectivity index (χ3n) is 2.83. The second-order valence-electron chi connectivity index (χ2n) is 4.00. The quantitative estimate of drug-likeness (QED) is 0.814. The van der Waals surface area contributed by atoms with Gasteiger partial charge >= 0.3 is 5.97 Å². The van der Waals surface area contributed by atoms with Gasteiger partial charge in [-0.15, -0.1) is 0 Å². The first-order chi connectivity index (χ1) is 9.56. The fourth-order valence-electron chi connectivity index (χ4n) is 1.80. The zero-order valence-electron chi connectivity index (χ0n) is 11.0. The van der Waals surface area contributed by atoms with Crippen molar-refractivity contribution >= 4 is 11.8 Å². The zero-order valence-corrected chi connectivity index (χ0v) is 11.0. The van der Waals surface area contributed by atoms with Gasteiger partial charge in [0, 0.05) is 11.8 Å². The lowest BCUT2D eigenvalue weighted by Gasteiger charge is -2.08. The molecule has 1 heterocycles. The number of hydrogen-bond acceptors (Lipinski definition) is 4. The van der Waals surface area contributed by atoms with E-state index in [9.17, 15) is 9.59 Å². The first-order valence-electron chi connectivity index (χ1n) is 5.75. The van der Waals surface area contributed by atoms with Crippen molar-refractivity contribution in [3.63, 3.8) is 0 Å². The van der Waals surface area contributed by atoms with E-state index in [0.717, 1.165) is 0 Å². The fraction of sp³-hybridized carbons (Fsp3) is 0.143. The first-order valence-corrected chi connectivity index (χ1v) is 5.75. The summed E-state index contributed by atoms with van der Waals surface area (Å²) in [6, 6.07) is 6.13. The van der Waals surface area contributed by atoms with Crippen molar-refractivity contribution < 1.29 is 24.2 Å². The molecular formula is C14H13NO5. The summed E-state index contributed by atoms with van der Waals surface area (Å²) < 4.78 is 10.2. The number of nitrogens with one attached hydrogen (secondary N) is 1. The van der Waals surface area contributed by atoms with Crippen LogP contribution < -0.4 is 9.47 Å². The van der Waals surface area contributed by atoms with Gasteiger partial charge in [-0.25, -0.2) is 4.79 Å². The number of methoxy groups -OCH3 is 2. The number of carbonyl (C=O) groups is 2. The number of carboxylic acid groups (broad SMARTS) is 1. The van der Waals surface area contributed by atoms with E-state index in [0.29, 0.717) is 17.1 Å². The molecule has 0 amide bonds. The molecule has 0 radical (unpaired) electrons. The van der Waals surface area contributed by atoms with Crippen LogP contribution in [-0.4, -0.2) is 36.1 Å². The molecule has 0 fully saturated rings. The summed E-state index contributed by atoms with van der Waals surface area (Å²) in [4.78, 5) is 25.7. The summed E-state index contributed by atoms with van der Waals surface area (Å²) in [6.07, 6.45) is 1.35. The zero-order chi connectivity index (χ0) is 14.7. The Morgan fingerprint density at radius 3 is 2.45 bits per heavy atom.